The molecule has 0 aliphatic heterocycles. The molecule has 0 saturated carbocycles. The van der Waals surface area contributed by atoms with Gasteiger partial charge in [-0.25, -0.2) is 9.78 Å². The van der Waals surface area contributed by atoms with E-state index in [4.69, 9.17) is 4.74 Å². The Labute approximate surface area is 70.5 Å². The first-order valence-corrected chi connectivity index (χ1v) is 3.48. The number of hydrogen-bond acceptors (Lipinski definition) is 3. The van der Waals surface area contributed by atoms with Gasteiger partial charge in [-0.2, -0.15) is 0 Å². The third kappa shape index (κ3) is 2.23. The molecule has 0 saturated heterocycles. The molecule has 1 rings (SSSR count). The molecule has 0 N–H and O–H groups in total. The summed E-state index contributed by atoms with van der Waals surface area (Å²) >= 11 is 0. The highest BCUT2D eigenvalue weighted by Crippen LogP contribution is 1.94. The SMILES string of the molecule is C=C(C)C(=O)OCn1ccnc1. The zero-order chi connectivity index (χ0) is 8.97. The molecular formula is C8H10N2O2. The number of hydrogen-bond donors (Lipinski definition) is 0. The van der Waals surface area contributed by atoms with Crippen LogP contribution in [0.25, 0.3) is 0 Å². The summed E-state index contributed by atoms with van der Waals surface area (Å²) in [5.74, 6) is -0.385. The van der Waals surface area contributed by atoms with Crippen LogP contribution in [-0.4, -0.2) is 15.5 Å². The van der Waals surface area contributed by atoms with Crippen LogP contribution in [0.5, 0.6) is 0 Å². The van der Waals surface area contributed by atoms with Gasteiger partial charge in [-0.1, -0.05) is 6.58 Å². The highest BCUT2D eigenvalue weighted by molar-refractivity contribution is 5.86. The van der Waals surface area contributed by atoms with E-state index in [-0.39, 0.29) is 12.7 Å². The summed E-state index contributed by atoms with van der Waals surface area (Å²) in [6.07, 6.45) is 4.91. The van der Waals surface area contributed by atoms with Gasteiger partial charge in [0.05, 0.1) is 6.33 Å². The molecule has 0 aliphatic carbocycles. The van der Waals surface area contributed by atoms with E-state index in [1.54, 1.807) is 30.2 Å². The maximum Gasteiger partial charge on any atom is 0.334 e. The van der Waals surface area contributed by atoms with Crippen molar-refractivity contribution in [1.82, 2.24) is 9.55 Å². The van der Waals surface area contributed by atoms with E-state index in [0.29, 0.717) is 5.57 Å². The molecule has 0 fully saturated rings. The molecule has 0 radical (unpaired) electrons. The number of imidazole rings is 1. The number of ether oxygens (including phenoxy) is 1. The minimum atomic E-state index is -0.385. The van der Waals surface area contributed by atoms with E-state index in [1.807, 2.05) is 0 Å². The van der Waals surface area contributed by atoms with Gasteiger partial charge in [0.25, 0.3) is 0 Å². The second-order valence-electron chi connectivity index (χ2n) is 2.42. The first-order chi connectivity index (χ1) is 5.70. The Bertz CT molecular complexity index is 277. The first-order valence-electron chi connectivity index (χ1n) is 3.48. The van der Waals surface area contributed by atoms with Crippen LogP contribution in [-0.2, 0) is 16.3 Å². The number of carbonyl (C=O) groups excluding carboxylic acids is 1. The molecule has 0 aliphatic rings. The van der Waals surface area contributed by atoms with Gasteiger partial charge in [0, 0.05) is 18.0 Å². The summed E-state index contributed by atoms with van der Waals surface area (Å²) in [5, 5.41) is 0. The van der Waals surface area contributed by atoms with Crippen molar-refractivity contribution in [3.05, 3.63) is 30.9 Å². The monoisotopic (exact) mass is 166 g/mol. The van der Waals surface area contributed by atoms with E-state index in [0.717, 1.165) is 0 Å². The molecule has 12 heavy (non-hydrogen) atoms. The Morgan fingerprint density at radius 1 is 1.75 bits per heavy atom. The molecule has 1 aromatic heterocycles. The summed E-state index contributed by atoms with van der Waals surface area (Å²) in [5.41, 5.74) is 0.398. The van der Waals surface area contributed by atoms with Crippen molar-refractivity contribution in [2.45, 2.75) is 13.7 Å². The van der Waals surface area contributed by atoms with Gasteiger partial charge < -0.3 is 9.30 Å². The minimum Gasteiger partial charge on any atom is -0.441 e. The van der Waals surface area contributed by atoms with Gasteiger partial charge in [0.15, 0.2) is 6.73 Å². The molecule has 0 unspecified atom stereocenters. The Kier molecular flexibility index (Phi) is 2.63. The van der Waals surface area contributed by atoms with Crippen molar-refractivity contribution in [2.75, 3.05) is 0 Å². The third-order valence-corrected chi connectivity index (χ3v) is 1.25. The predicted molar refractivity (Wildman–Crippen MR) is 43.1 cm³/mol. The number of rotatable bonds is 3. The normalized spacial score (nSPS) is 9.42. The lowest BCUT2D eigenvalue weighted by Crippen LogP contribution is -2.08. The number of carbonyl (C=O) groups is 1. The standard InChI is InChI=1S/C8H10N2O2/c1-7(2)8(11)12-6-10-4-3-9-5-10/h3-5H,1,6H2,2H3. The maximum atomic E-state index is 10.9. The van der Waals surface area contributed by atoms with E-state index in [9.17, 15) is 4.79 Å². The maximum absolute atomic E-state index is 10.9. The molecule has 0 bridgehead atoms. The lowest BCUT2D eigenvalue weighted by Gasteiger charge is -2.03. The first kappa shape index (κ1) is 8.52. The fourth-order valence-corrected chi connectivity index (χ4v) is 0.619. The molecule has 4 nitrogen and oxygen atoms in total. The highest BCUT2D eigenvalue weighted by atomic mass is 16.5. The third-order valence-electron chi connectivity index (χ3n) is 1.25. The molecule has 64 valence electrons. The Morgan fingerprint density at radius 2 is 2.50 bits per heavy atom. The van der Waals surface area contributed by atoms with Crippen LogP contribution < -0.4 is 0 Å². The van der Waals surface area contributed by atoms with Crippen molar-refractivity contribution >= 4 is 5.97 Å². The minimum absolute atomic E-state index is 0.186. The Morgan fingerprint density at radius 3 is 3.00 bits per heavy atom. The van der Waals surface area contributed by atoms with Crippen molar-refractivity contribution in [1.29, 1.82) is 0 Å². The van der Waals surface area contributed by atoms with Crippen LogP contribution in [0.1, 0.15) is 6.92 Å². The smallest absolute Gasteiger partial charge is 0.334 e. The van der Waals surface area contributed by atoms with Gasteiger partial charge in [0.1, 0.15) is 0 Å². The number of aromatic nitrogens is 2. The second-order valence-corrected chi connectivity index (χ2v) is 2.42. The number of esters is 1. The average molecular weight is 166 g/mol. The largest absolute Gasteiger partial charge is 0.441 e. The molecule has 1 aromatic rings. The van der Waals surface area contributed by atoms with Gasteiger partial charge >= 0.3 is 5.97 Å². The summed E-state index contributed by atoms with van der Waals surface area (Å²) in [6, 6.07) is 0. The van der Waals surface area contributed by atoms with Crippen LogP contribution in [0, 0.1) is 0 Å². The Hall–Kier alpha value is -1.58. The summed E-state index contributed by atoms with van der Waals surface area (Å²) in [7, 11) is 0. The fraction of sp³-hybridized carbons (Fsp3) is 0.250. The van der Waals surface area contributed by atoms with Gasteiger partial charge in [0.2, 0.25) is 0 Å². The second kappa shape index (κ2) is 3.71. The molecule has 0 spiro atoms. The molecule has 0 aromatic carbocycles. The van der Waals surface area contributed by atoms with Crippen LogP contribution in [0.3, 0.4) is 0 Å². The van der Waals surface area contributed by atoms with Crippen molar-refractivity contribution in [3.63, 3.8) is 0 Å². The van der Waals surface area contributed by atoms with E-state index >= 15 is 0 Å². The van der Waals surface area contributed by atoms with E-state index in [2.05, 4.69) is 11.6 Å². The van der Waals surface area contributed by atoms with Crippen molar-refractivity contribution < 1.29 is 9.53 Å². The van der Waals surface area contributed by atoms with Crippen LogP contribution in [0.4, 0.5) is 0 Å². The lowest BCUT2D eigenvalue weighted by molar-refractivity contribution is -0.142. The summed E-state index contributed by atoms with van der Waals surface area (Å²) in [6.45, 7) is 5.25. The Balaban J connectivity index is 2.37. The van der Waals surface area contributed by atoms with Gasteiger partial charge in [-0.05, 0) is 6.92 Å². The zero-order valence-corrected chi connectivity index (χ0v) is 6.86. The van der Waals surface area contributed by atoms with Crippen LogP contribution >= 0.6 is 0 Å². The quantitative estimate of drug-likeness (QED) is 0.496. The lowest BCUT2D eigenvalue weighted by atomic mass is 10.4. The molecule has 0 amide bonds. The van der Waals surface area contributed by atoms with Crippen molar-refractivity contribution in [3.8, 4) is 0 Å². The van der Waals surface area contributed by atoms with Crippen LogP contribution in [0.2, 0.25) is 0 Å². The predicted octanol–water partition coefficient (Wildman–Crippen LogP) is 0.960. The van der Waals surface area contributed by atoms with Crippen LogP contribution in [0.15, 0.2) is 30.9 Å². The zero-order valence-electron chi connectivity index (χ0n) is 6.86. The van der Waals surface area contributed by atoms with Gasteiger partial charge in [-0.3, -0.25) is 0 Å². The van der Waals surface area contributed by atoms with Crippen molar-refractivity contribution in [2.24, 2.45) is 0 Å². The number of nitrogens with zero attached hydrogens (tertiary/aromatic N) is 2. The summed E-state index contributed by atoms with van der Waals surface area (Å²) in [4.78, 5) is 14.7. The van der Waals surface area contributed by atoms with E-state index in [1.165, 1.54) is 0 Å². The molecule has 4 heteroatoms. The molecular weight excluding hydrogens is 156 g/mol. The average Bonchev–Trinajstić information content (AvgIpc) is 2.51. The highest BCUT2D eigenvalue weighted by Gasteiger charge is 2.01. The van der Waals surface area contributed by atoms with Gasteiger partial charge in [-0.15, -0.1) is 0 Å². The summed E-state index contributed by atoms with van der Waals surface area (Å²) < 4.78 is 6.49. The molecule has 0 atom stereocenters. The van der Waals surface area contributed by atoms with E-state index < -0.39 is 0 Å². The molecule has 1 heterocycles. The fourth-order valence-electron chi connectivity index (χ4n) is 0.619. The topological polar surface area (TPSA) is 44.1 Å².